The Kier molecular flexibility index (Phi) is 4.28. The zero-order chi connectivity index (χ0) is 14.2. The van der Waals surface area contributed by atoms with Gasteiger partial charge in [0.25, 0.3) is 0 Å². The van der Waals surface area contributed by atoms with Gasteiger partial charge < -0.3 is 10.0 Å². The maximum atomic E-state index is 12.6. The molecule has 6 heteroatoms. The highest BCUT2D eigenvalue weighted by Gasteiger charge is 2.44. The van der Waals surface area contributed by atoms with Gasteiger partial charge in [-0.1, -0.05) is 20.8 Å². The quantitative estimate of drug-likeness (QED) is 0.842. The van der Waals surface area contributed by atoms with Gasteiger partial charge in [0.1, 0.15) is 6.04 Å². The van der Waals surface area contributed by atoms with E-state index in [4.69, 9.17) is 0 Å². The molecule has 4 unspecified atom stereocenters. The molecular weight excluding hydrogens is 264 g/mol. The third-order valence-corrected chi connectivity index (χ3v) is 5.66. The smallest absolute Gasteiger partial charge is 0.327 e. The zero-order valence-corrected chi connectivity index (χ0v) is 12.5. The first-order chi connectivity index (χ1) is 8.95. The van der Waals surface area contributed by atoms with Crippen LogP contribution in [0.5, 0.6) is 0 Å². The van der Waals surface area contributed by atoms with Crippen LogP contribution in [0.15, 0.2) is 0 Å². The Morgan fingerprint density at radius 1 is 1.26 bits per heavy atom. The van der Waals surface area contributed by atoms with Gasteiger partial charge in [-0.15, -0.1) is 11.8 Å². The summed E-state index contributed by atoms with van der Waals surface area (Å²) in [6, 6.07) is -0.769. The Balaban J connectivity index is 2.13. The lowest BCUT2D eigenvalue weighted by atomic mass is 10.0. The topological polar surface area (TPSA) is 60.9 Å². The zero-order valence-electron chi connectivity index (χ0n) is 11.7. The SMILES string of the molecule is CCC1SCC(C(=O)O)N1C(=O)N1CC(C)C(C)C1. The van der Waals surface area contributed by atoms with Gasteiger partial charge in [-0.2, -0.15) is 0 Å². The summed E-state index contributed by atoms with van der Waals surface area (Å²) in [4.78, 5) is 27.3. The number of carbonyl (C=O) groups is 2. The van der Waals surface area contributed by atoms with E-state index in [0.717, 1.165) is 19.5 Å². The number of thioether (sulfide) groups is 1. The summed E-state index contributed by atoms with van der Waals surface area (Å²) in [6.45, 7) is 7.76. The summed E-state index contributed by atoms with van der Waals surface area (Å²) < 4.78 is 0. The standard InChI is InChI=1S/C13H22N2O3S/c1-4-11-15(10(7-19-11)12(16)17)13(18)14-5-8(2)9(3)6-14/h8-11H,4-7H2,1-3H3,(H,16,17). The second-order valence-electron chi connectivity index (χ2n) is 5.60. The maximum Gasteiger partial charge on any atom is 0.327 e. The van der Waals surface area contributed by atoms with Crippen LogP contribution in [0.4, 0.5) is 4.79 Å². The Morgan fingerprint density at radius 3 is 2.32 bits per heavy atom. The normalized spacial score (nSPS) is 34.9. The Bertz CT molecular complexity index is 367. The lowest BCUT2D eigenvalue weighted by Crippen LogP contribution is -2.51. The molecule has 4 atom stereocenters. The summed E-state index contributed by atoms with van der Waals surface area (Å²) in [7, 11) is 0. The summed E-state index contributed by atoms with van der Waals surface area (Å²) in [5.74, 6) is 0.584. The summed E-state index contributed by atoms with van der Waals surface area (Å²) >= 11 is 1.57. The maximum absolute atomic E-state index is 12.6. The van der Waals surface area contributed by atoms with E-state index < -0.39 is 12.0 Å². The van der Waals surface area contributed by atoms with Crippen LogP contribution in [-0.2, 0) is 4.79 Å². The molecule has 2 amide bonds. The van der Waals surface area contributed by atoms with Crippen molar-refractivity contribution in [2.24, 2.45) is 11.8 Å². The summed E-state index contributed by atoms with van der Waals surface area (Å²) in [5, 5.41) is 9.27. The van der Waals surface area contributed by atoms with Crippen molar-refractivity contribution >= 4 is 23.8 Å². The van der Waals surface area contributed by atoms with E-state index in [2.05, 4.69) is 13.8 Å². The minimum absolute atomic E-state index is 0.000174. The van der Waals surface area contributed by atoms with Gasteiger partial charge in [0.05, 0.1) is 5.37 Å². The lowest BCUT2D eigenvalue weighted by Gasteiger charge is -2.31. The van der Waals surface area contributed by atoms with Gasteiger partial charge in [-0.05, 0) is 18.3 Å². The van der Waals surface area contributed by atoms with E-state index in [1.54, 1.807) is 16.7 Å². The number of nitrogens with zero attached hydrogens (tertiary/aromatic N) is 2. The Labute approximate surface area is 118 Å². The first-order valence-electron chi connectivity index (χ1n) is 6.87. The van der Waals surface area contributed by atoms with Crippen LogP contribution in [0.25, 0.3) is 0 Å². The van der Waals surface area contributed by atoms with Crippen molar-refractivity contribution < 1.29 is 14.7 Å². The van der Waals surface area contributed by atoms with E-state index >= 15 is 0 Å². The highest BCUT2D eigenvalue weighted by Crippen LogP contribution is 2.34. The van der Waals surface area contributed by atoms with Crippen molar-refractivity contribution in [1.29, 1.82) is 0 Å². The van der Waals surface area contributed by atoms with Crippen LogP contribution >= 0.6 is 11.8 Å². The van der Waals surface area contributed by atoms with E-state index in [1.807, 2.05) is 11.8 Å². The minimum Gasteiger partial charge on any atom is -0.480 e. The number of amides is 2. The molecule has 0 saturated carbocycles. The number of rotatable bonds is 2. The van der Waals surface area contributed by atoms with Crippen LogP contribution in [0.2, 0.25) is 0 Å². The molecule has 1 N–H and O–H groups in total. The van der Waals surface area contributed by atoms with Crippen LogP contribution in [-0.4, -0.2) is 57.2 Å². The van der Waals surface area contributed by atoms with Gasteiger partial charge in [-0.3, -0.25) is 4.90 Å². The molecule has 2 heterocycles. The number of hydrogen-bond acceptors (Lipinski definition) is 3. The van der Waals surface area contributed by atoms with Gasteiger partial charge in [0, 0.05) is 18.8 Å². The van der Waals surface area contributed by atoms with Crippen molar-refractivity contribution in [2.45, 2.75) is 38.6 Å². The molecule has 0 aromatic rings. The molecule has 2 saturated heterocycles. The molecule has 0 aliphatic carbocycles. The first-order valence-corrected chi connectivity index (χ1v) is 7.92. The third kappa shape index (κ3) is 2.68. The molecule has 2 rings (SSSR count). The molecule has 0 radical (unpaired) electrons. The number of carbonyl (C=O) groups excluding carboxylic acids is 1. The average molecular weight is 286 g/mol. The van der Waals surface area contributed by atoms with Crippen molar-refractivity contribution in [3.8, 4) is 0 Å². The number of carboxylic acid groups (broad SMARTS) is 1. The molecule has 0 bridgehead atoms. The fraction of sp³-hybridized carbons (Fsp3) is 0.846. The molecule has 2 fully saturated rings. The third-order valence-electron chi connectivity index (χ3n) is 4.21. The second kappa shape index (κ2) is 5.61. The average Bonchev–Trinajstić information content (AvgIpc) is 2.93. The van der Waals surface area contributed by atoms with E-state index in [1.165, 1.54) is 0 Å². The van der Waals surface area contributed by atoms with Gasteiger partial charge in [0.2, 0.25) is 0 Å². The number of carboxylic acids is 1. The van der Waals surface area contributed by atoms with Crippen molar-refractivity contribution in [1.82, 2.24) is 9.80 Å². The highest BCUT2D eigenvalue weighted by molar-refractivity contribution is 8.00. The predicted octanol–water partition coefficient (Wildman–Crippen LogP) is 1.93. The molecule has 0 spiro atoms. The summed E-state index contributed by atoms with van der Waals surface area (Å²) in [6.07, 6.45) is 0.791. The predicted molar refractivity (Wildman–Crippen MR) is 75.1 cm³/mol. The molecular formula is C13H22N2O3S. The second-order valence-corrected chi connectivity index (χ2v) is 6.81. The van der Waals surface area contributed by atoms with Crippen molar-refractivity contribution in [2.75, 3.05) is 18.8 Å². The molecule has 2 aliphatic heterocycles. The first kappa shape index (κ1) is 14.5. The molecule has 19 heavy (non-hydrogen) atoms. The fourth-order valence-corrected chi connectivity index (χ4v) is 4.12. The van der Waals surface area contributed by atoms with Gasteiger partial charge in [0.15, 0.2) is 0 Å². The van der Waals surface area contributed by atoms with E-state index in [9.17, 15) is 14.7 Å². The number of urea groups is 1. The Hall–Kier alpha value is -0.910. The van der Waals surface area contributed by atoms with Crippen molar-refractivity contribution in [3.05, 3.63) is 0 Å². The van der Waals surface area contributed by atoms with Crippen LogP contribution in [0.1, 0.15) is 27.2 Å². The molecule has 0 aromatic heterocycles. The monoisotopic (exact) mass is 286 g/mol. The molecule has 2 aliphatic rings. The number of hydrogen-bond donors (Lipinski definition) is 1. The highest BCUT2D eigenvalue weighted by atomic mass is 32.2. The number of aliphatic carboxylic acids is 1. The fourth-order valence-electron chi connectivity index (χ4n) is 2.77. The molecule has 108 valence electrons. The molecule has 5 nitrogen and oxygen atoms in total. The Morgan fingerprint density at radius 2 is 1.84 bits per heavy atom. The van der Waals surface area contributed by atoms with E-state index in [0.29, 0.717) is 17.6 Å². The molecule has 0 aromatic carbocycles. The van der Waals surface area contributed by atoms with E-state index in [-0.39, 0.29) is 11.4 Å². The van der Waals surface area contributed by atoms with Crippen LogP contribution < -0.4 is 0 Å². The van der Waals surface area contributed by atoms with Crippen LogP contribution in [0.3, 0.4) is 0 Å². The van der Waals surface area contributed by atoms with Gasteiger partial charge in [-0.25, -0.2) is 9.59 Å². The van der Waals surface area contributed by atoms with Crippen LogP contribution in [0, 0.1) is 11.8 Å². The largest absolute Gasteiger partial charge is 0.480 e. The number of likely N-dealkylation sites (tertiary alicyclic amines) is 1. The lowest BCUT2D eigenvalue weighted by molar-refractivity contribution is -0.141. The van der Waals surface area contributed by atoms with Crippen molar-refractivity contribution in [3.63, 3.8) is 0 Å². The minimum atomic E-state index is -0.892. The summed E-state index contributed by atoms with van der Waals surface area (Å²) in [5.41, 5.74) is 0. The van der Waals surface area contributed by atoms with Gasteiger partial charge >= 0.3 is 12.0 Å².